The SMILES string of the molecule is CCC(COC(=O)N(CC)[C@H]1CN(CCCOC)S(=O)(=O)c2sc(S(N)(=O)=O)cc21)O[N+](=O)[O-]. The average Bonchev–Trinajstić information content (AvgIpc) is 3.21. The third-order valence-corrected chi connectivity index (χ3v) is 10.0. The highest BCUT2D eigenvalue weighted by molar-refractivity contribution is 7.94. The van der Waals surface area contributed by atoms with Crippen molar-refractivity contribution in [1.29, 1.82) is 0 Å². The molecule has 0 radical (unpaired) electrons. The number of carbonyl (C=O) groups is 1. The fourth-order valence-electron chi connectivity index (χ4n) is 3.38. The molecule has 194 valence electrons. The maximum atomic E-state index is 13.2. The monoisotopic (exact) mass is 544 g/mol. The fourth-order valence-corrected chi connectivity index (χ4v) is 7.66. The Morgan fingerprint density at radius 3 is 2.65 bits per heavy atom. The molecule has 2 rings (SSSR count). The number of hydrogen-bond acceptors (Lipinski definition) is 11. The third kappa shape index (κ3) is 6.54. The van der Waals surface area contributed by atoms with Crippen LogP contribution in [0.2, 0.25) is 0 Å². The van der Waals surface area contributed by atoms with Gasteiger partial charge in [-0.2, -0.15) is 4.31 Å². The van der Waals surface area contributed by atoms with Gasteiger partial charge in [0.15, 0.2) is 0 Å². The van der Waals surface area contributed by atoms with Crippen molar-refractivity contribution in [2.75, 3.05) is 40.0 Å². The first-order chi connectivity index (χ1) is 15.9. The molecule has 0 saturated carbocycles. The largest absolute Gasteiger partial charge is 0.447 e. The quantitative estimate of drug-likeness (QED) is 0.225. The molecule has 1 aromatic rings. The van der Waals surface area contributed by atoms with E-state index in [1.807, 2.05) is 0 Å². The van der Waals surface area contributed by atoms with E-state index in [1.165, 1.54) is 12.0 Å². The Labute approximate surface area is 201 Å². The number of thiophene rings is 1. The summed E-state index contributed by atoms with van der Waals surface area (Å²) in [6.07, 6.45) is -1.25. The van der Waals surface area contributed by atoms with Crippen molar-refractivity contribution in [1.82, 2.24) is 9.21 Å². The Balaban J connectivity index is 2.41. The lowest BCUT2D eigenvalue weighted by Gasteiger charge is -2.37. The van der Waals surface area contributed by atoms with Gasteiger partial charge in [0.2, 0.25) is 10.0 Å². The highest BCUT2D eigenvalue weighted by Gasteiger charge is 2.43. The summed E-state index contributed by atoms with van der Waals surface area (Å²) < 4.78 is 61.0. The molecule has 2 atom stereocenters. The molecular weight excluding hydrogens is 516 g/mol. The van der Waals surface area contributed by atoms with Crippen molar-refractivity contribution in [3.63, 3.8) is 0 Å². The highest BCUT2D eigenvalue weighted by Crippen LogP contribution is 2.42. The second-order valence-electron chi connectivity index (χ2n) is 7.30. The molecule has 1 amide bonds. The minimum absolute atomic E-state index is 0.0793. The number of nitrogens with two attached hydrogens (primary N) is 1. The maximum Gasteiger partial charge on any atom is 0.410 e. The Morgan fingerprint density at radius 2 is 2.12 bits per heavy atom. The van der Waals surface area contributed by atoms with Crippen molar-refractivity contribution in [2.24, 2.45) is 5.14 Å². The van der Waals surface area contributed by atoms with E-state index in [0.717, 1.165) is 10.4 Å². The molecule has 0 spiro atoms. The number of carbonyl (C=O) groups excluding carboxylic acids is 1. The molecule has 0 bridgehead atoms. The van der Waals surface area contributed by atoms with Gasteiger partial charge in [-0.25, -0.2) is 26.8 Å². The van der Waals surface area contributed by atoms with Crippen molar-refractivity contribution in [3.8, 4) is 0 Å². The molecule has 0 aliphatic carbocycles. The van der Waals surface area contributed by atoms with E-state index >= 15 is 0 Å². The Hall–Kier alpha value is -2.05. The molecule has 1 aliphatic rings. The summed E-state index contributed by atoms with van der Waals surface area (Å²) >= 11 is 0.517. The van der Waals surface area contributed by atoms with Crippen LogP contribution in [0.25, 0.3) is 0 Å². The van der Waals surface area contributed by atoms with Crippen molar-refractivity contribution in [2.45, 2.75) is 47.3 Å². The van der Waals surface area contributed by atoms with E-state index in [2.05, 4.69) is 4.84 Å². The second-order valence-corrected chi connectivity index (χ2v) is 12.3. The van der Waals surface area contributed by atoms with Gasteiger partial charge in [-0.3, -0.25) is 0 Å². The lowest BCUT2D eigenvalue weighted by Crippen LogP contribution is -2.47. The van der Waals surface area contributed by atoms with Gasteiger partial charge in [0.05, 0.1) is 6.04 Å². The van der Waals surface area contributed by atoms with E-state index in [4.69, 9.17) is 14.6 Å². The summed E-state index contributed by atoms with van der Waals surface area (Å²) in [6.45, 7) is 3.18. The Morgan fingerprint density at radius 1 is 1.44 bits per heavy atom. The van der Waals surface area contributed by atoms with Crippen LogP contribution in [-0.2, 0) is 34.4 Å². The summed E-state index contributed by atoms with van der Waals surface area (Å²) in [5.41, 5.74) is 0.115. The molecule has 1 aliphatic heterocycles. The molecule has 2 heterocycles. The maximum absolute atomic E-state index is 13.2. The van der Waals surface area contributed by atoms with Gasteiger partial charge in [0.25, 0.3) is 15.1 Å². The molecular formula is C17H28N4O10S3. The van der Waals surface area contributed by atoms with Gasteiger partial charge >= 0.3 is 6.09 Å². The van der Waals surface area contributed by atoms with Crippen LogP contribution in [0.3, 0.4) is 0 Å². The lowest BCUT2D eigenvalue weighted by molar-refractivity contribution is -0.769. The van der Waals surface area contributed by atoms with E-state index < -0.39 is 50.0 Å². The molecule has 1 unspecified atom stereocenters. The summed E-state index contributed by atoms with van der Waals surface area (Å²) in [5, 5.41) is 14.8. The predicted octanol–water partition coefficient (Wildman–Crippen LogP) is 0.923. The van der Waals surface area contributed by atoms with Gasteiger partial charge < -0.3 is 19.2 Å². The second kappa shape index (κ2) is 11.6. The van der Waals surface area contributed by atoms with E-state index in [0.29, 0.717) is 24.4 Å². The number of methoxy groups -OCH3 is 1. The molecule has 0 saturated heterocycles. The minimum Gasteiger partial charge on any atom is -0.447 e. The molecule has 0 aromatic carbocycles. The van der Waals surface area contributed by atoms with Crippen LogP contribution < -0.4 is 5.14 Å². The first-order valence-electron chi connectivity index (χ1n) is 10.3. The van der Waals surface area contributed by atoms with Crippen LogP contribution in [0.1, 0.15) is 38.3 Å². The number of ether oxygens (including phenoxy) is 2. The summed E-state index contributed by atoms with van der Waals surface area (Å²) in [4.78, 5) is 29.1. The smallest absolute Gasteiger partial charge is 0.410 e. The average molecular weight is 545 g/mol. The lowest BCUT2D eigenvalue weighted by atomic mass is 10.1. The van der Waals surface area contributed by atoms with Crippen LogP contribution in [-0.4, -0.2) is 83.3 Å². The Kier molecular flexibility index (Phi) is 9.61. The van der Waals surface area contributed by atoms with Crippen molar-refractivity contribution < 1.29 is 41.0 Å². The summed E-state index contributed by atoms with van der Waals surface area (Å²) in [5.74, 6) is 0. The molecule has 14 nitrogen and oxygen atoms in total. The van der Waals surface area contributed by atoms with E-state index in [1.54, 1.807) is 13.8 Å². The number of amides is 1. The molecule has 1 aromatic heterocycles. The van der Waals surface area contributed by atoms with Crippen LogP contribution in [0.5, 0.6) is 0 Å². The summed E-state index contributed by atoms with van der Waals surface area (Å²) in [7, 11) is -6.76. The van der Waals surface area contributed by atoms with E-state index in [-0.39, 0.29) is 40.0 Å². The fraction of sp³-hybridized carbons (Fsp3) is 0.706. The highest BCUT2D eigenvalue weighted by atomic mass is 32.3. The molecule has 34 heavy (non-hydrogen) atoms. The molecule has 0 fully saturated rings. The van der Waals surface area contributed by atoms with Crippen LogP contribution >= 0.6 is 11.3 Å². The first kappa shape index (κ1) is 28.2. The standard InChI is InChI=1S/C17H28N4O10S3/c1-4-12(31-21(23)24)11-30-17(22)20(5-2)14-10-19(7-6-8-29-3)34(27,28)16-13(14)9-15(32-16)33(18,25)26/h9,12,14H,4-8,10-11H2,1-3H3,(H2,18,25,26)/t12?,14-/m0/s1. The van der Waals surface area contributed by atoms with Crippen LogP contribution in [0.15, 0.2) is 14.5 Å². The Bertz CT molecular complexity index is 1090. The number of hydrogen-bond donors (Lipinski definition) is 1. The van der Waals surface area contributed by atoms with Crippen LogP contribution in [0, 0.1) is 10.1 Å². The number of sulfonamides is 2. The topological polar surface area (TPSA) is 189 Å². The number of primary sulfonamides is 1. The van der Waals surface area contributed by atoms with Gasteiger partial charge in [-0.1, -0.05) is 6.92 Å². The zero-order chi connectivity index (χ0) is 25.7. The zero-order valence-electron chi connectivity index (χ0n) is 18.9. The van der Waals surface area contributed by atoms with Gasteiger partial charge in [0, 0.05) is 38.9 Å². The number of rotatable bonds is 12. The van der Waals surface area contributed by atoms with Gasteiger partial charge in [0.1, 0.15) is 21.1 Å². The summed E-state index contributed by atoms with van der Waals surface area (Å²) in [6, 6.07) is 0.284. The van der Waals surface area contributed by atoms with Crippen LogP contribution in [0.4, 0.5) is 4.79 Å². The van der Waals surface area contributed by atoms with E-state index in [9.17, 15) is 31.7 Å². The third-order valence-electron chi connectivity index (χ3n) is 5.08. The first-order valence-corrected chi connectivity index (χ1v) is 14.1. The number of fused-ring (bicyclic) bond motifs is 1. The minimum atomic E-state index is -4.20. The predicted molar refractivity (Wildman–Crippen MR) is 120 cm³/mol. The molecule has 2 N–H and O–H groups in total. The van der Waals surface area contributed by atoms with Gasteiger partial charge in [-0.05, 0) is 25.8 Å². The zero-order valence-corrected chi connectivity index (χ0v) is 21.4. The van der Waals surface area contributed by atoms with Crippen molar-refractivity contribution >= 4 is 37.5 Å². The normalized spacial score (nSPS) is 18.6. The number of nitrogens with zero attached hydrogens (tertiary/aromatic N) is 3. The molecule has 17 heteroatoms. The van der Waals surface area contributed by atoms with Crippen molar-refractivity contribution in [3.05, 3.63) is 21.7 Å². The van der Waals surface area contributed by atoms with Gasteiger partial charge in [-0.15, -0.1) is 21.5 Å². The number of likely N-dealkylation sites (N-methyl/N-ethyl adjacent to an activating group) is 1.